The van der Waals surface area contributed by atoms with E-state index in [1.807, 2.05) is 0 Å². The van der Waals surface area contributed by atoms with E-state index in [-0.39, 0.29) is 131 Å². The number of rotatable bonds is 9. The third-order valence-electron chi connectivity index (χ3n) is 7.68. The number of hydrogen-bond donors (Lipinski definition) is 4. The number of nitrogens with one attached hydrogen (secondary N) is 2. The van der Waals surface area contributed by atoms with Crippen LogP contribution < -0.4 is 110 Å². The third kappa shape index (κ3) is 11.3. The number of aliphatic imine (C=N–C) groups is 1. The molecule has 18 nitrogen and oxygen atoms in total. The molecule has 0 fully saturated rings. The summed E-state index contributed by atoms with van der Waals surface area (Å²) in [4.78, 5) is 18.3. The van der Waals surface area contributed by atoms with Gasteiger partial charge in [-0.3, -0.25) is 14.1 Å². The maximum Gasteiger partial charge on any atom is 1.00 e. The van der Waals surface area contributed by atoms with Crippen LogP contribution in [0.5, 0.6) is 5.75 Å². The van der Waals surface area contributed by atoms with Crippen molar-refractivity contribution in [1.29, 1.82) is 0 Å². The smallest absolute Gasteiger partial charge is 0.871 e. The summed E-state index contributed by atoms with van der Waals surface area (Å²) in [6, 6.07) is 16.0. The van der Waals surface area contributed by atoms with Crippen LogP contribution in [0.3, 0.4) is 0 Å². The van der Waals surface area contributed by atoms with Crippen LogP contribution in [0.2, 0.25) is 0 Å². The molecule has 0 spiro atoms. The van der Waals surface area contributed by atoms with Crippen LogP contribution >= 0.6 is 11.3 Å². The average Bonchev–Trinajstić information content (AvgIpc) is 3.51. The molecular formula is C33H23N6Na3O12S4. The van der Waals surface area contributed by atoms with Gasteiger partial charge in [-0.05, 0) is 103 Å². The number of aromatic nitrogens is 1. The Bertz CT molecular complexity index is 2980. The molecule has 0 saturated carbocycles. The second-order valence-electron chi connectivity index (χ2n) is 11.6. The van der Waals surface area contributed by atoms with Crippen LogP contribution in [0.1, 0.15) is 12.5 Å². The predicted molar refractivity (Wildman–Crippen MR) is 197 cm³/mol. The van der Waals surface area contributed by atoms with Gasteiger partial charge < -0.3 is 25.4 Å². The van der Waals surface area contributed by atoms with Gasteiger partial charge in [0.2, 0.25) is 0 Å². The van der Waals surface area contributed by atoms with Crippen LogP contribution in [-0.4, -0.2) is 55.8 Å². The van der Waals surface area contributed by atoms with Gasteiger partial charge in [0, 0.05) is 16.9 Å². The molecule has 5 aromatic carbocycles. The van der Waals surface area contributed by atoms with Crippen molar-refractivity contribution < 1.29 is 143 Å². The van der Waals surface area contributed by atoms with E-state index in [0.717, 1.165) is 29.5 Å². The first-order chi connectivity index (χ1) is 25.7. The first kappa shape index (κ1) is 49.5. The van der Waals surface area contributed by atoms with Gasteiger partial charge in [-0.2, -0.15) is 16.8 Å². The number of thiazole rings is 1. The molecule has 284 valence electrons. The predicted octanol–water partition coefficient (Wildman–Crippen LogP) is -3.62. The van der Waals surface area contributed by atoms with Crippen molar-refractivity contribution in [2.24, 2.45) is 15.2 Å². The molecule has 0 aliphatic rings. The Morgan fingerprint density at radius 3 is 2.03 bits per heavy atom. The van der Waals surface area contributed by atoms with Crippen LogP contribution in [-0.2, 0) is 30.4 Å². The van der Waals surface area contributed by atoms with Crippen molar-refractivity contribution in [1.82, 2.24) is 4.98 Å². The normalized spacial score (nSPS) is 12.1. The van der Waals surface area contributed by atoms with Crippen molar-refractivity contribution >= 4 is 103 Å². The van der Waals surface area contributed by atoms with Gasteiger partial charge in [-0.25, -0.2) is 18.2 Å². The van der Waals surface area contributed by atoms with E-state index in [9.17, 15) is 53.9 Å². The number of urea groups is 1. The SMILES string of the molecule is CC([O-])=Nc1ccc(NC(=O)Nc2ccc3c([O-])c(N=Nc4ccc(-c5nc6ccc(C)c(S(=O)(=O)O)c6s5)cc4S(=O)(=O)[O-])c(S(=O)(=O)O)cc3c2)cc1.[Na+].[Na+].[Na+]. The van der Waals surface area contributed by atoms with E-state index in [0.29, 0.717) is 11.4 Å². The minimum Gasteiger partial charge on any atom is -0.871 e. The summed E-state index contributed by atoms with van der Waals surface area (Å²) >= 11 is 0.791. The van der Waals surface area contributed by atoms with Crippen LogP contribution in [0.15, 0.2) is 109 Å². The molecule has 6 rings (SSSR count). The fourth-order valence-corrected chi connectivity index (χ4v) is 8.94. The molecule has 58 heavy (non-hydrogen) atoms. The number of fused-ring (bicyclic) bond motifs is 2. The summed E-state index contributed by atoms with van der Waals surface area (Å²) < 4.78 is 106. The molecule has 0 aliphatic carbocycles. The molecule has 1 aromatic heterocycles. The fraction of sp³-hybridized carbons (Fsp3) is 0.0606. The van der Waals surface area contributed by atoms with E-state index in [2.05, 4.69) is 30.8 Å². The summed E-state index contributed by atoms with van der Waals surface area (Å²) in [7, 11) is -15.2. The Morgan fingerprint density at radius 2 is 1.43 bits per heavy atom. The van der Waals surface area contributed by atoms with Crippen molar-refractivity contribution in [3.8, 4) is 16.3 Å². The molecule has 0 unspecified atom stereocenters. The minimum atomic E-state index is -5.33. The molecule has 0 atom stereocenters. The largest absolute Gasteiger partial charge is 1.00 e. The van der Waals surface area contributed by atoms with Crippen LogP contribution in [0, 0.1) is 6.92 Å². The van der Waals surface area contributed by atoms with Gasteiger partial charge >= 0.3 is 94.7 Å². The Morgan fingerprint density at radius 1 is 0.793 bits per heavy atom. The summed E-state index contributed by atoms with van der Waals surface area (Å²) in [5, 5.41) is 36.9. The number of nitrogens with zero attached hydrogens (tertiary/aromatic N) is 4. The Hall–Kier alpha value is -2.88. The standard InChI is InChI=1S/C33H26N6O12S4.3Na/c1-16-3-11-25-30(31(16)55(49,50)51)52-32(37-25)18-4-12-24(26(14-18)53(43,44)45)38-39-28-27(54(46,47)48)15-19-13-22(9-10-23(19)29(28)41)36-33(42)35-21-7-5-20(6-8-21)34-17(2)40;;;/h3-15,41H,1-2H3,(H,34,40)(H2,35,36,42)(H,43,44,45)(H,46,47,48)(H,49,50,51);;;/q;3*+1/p-3. The molecule has 2 amide bonds. The molecule has 4 N–H and O–H groups in total. The first-order valence-electron chi connectivity index (χ1n) is 15.2. The zero-order valence-electron chi connectivity index (χ0n) is 30.9. The number of anilines is 2. The number of carbonyl (C=O) groups excluding carboxylic acids is 1. The number of hydrogen-bond acceptors (Lipinski definition) is 15. The number of benzene rings is 5. The molecule has 0 bridgehead atoms. The van der Waals surface area contributed by atoms with Crippen molar-refractivity contribution in [3.63, 3.8) is 0 Å². The zero-order chi connectivity index (χ0) is 40.0. The molecule has 1 heterocycles. The molecular weight excluding hydrogens is 870 g/mol. The number of amides is 2. The first-order valence-corrected chi connectivity index (χ1v) is 20.3. The van der Waals surface area contributed by atoms with E-state index in [1.165, 1.54) is 74.5 Å². The maximum atomic E-state index is 13.5. The van der Waals surface area contributed by atoms with Crippen molar-refractivity contribution in [2.45, 2.75) is 28.5 Å². The summed E-state index contributed by atoms with van der Waals surface area (Å²) in [6.07, 6.45) is 0. The quantitative estimate of drug-likeness (QED) is 0.0359. The zero-order valence-corrected chi connectivity index (χ0v) is 40.2. The van der Waals surface area contributed by atoms with Crippen LogP contribution in [0.4, 0.5) is 33.2 Å². The van der Waals surface area contributed by atoms with Gasteiger partial charge in [-0.15, -0.1) is 21.6 Å². The average molecular weight is 893 g/mol. The van der Waals surface area contributed by atoms with E-state index >= 15 is 0 Å². The Balaban J connectivity index is 0.00000300. The van der Waals surface area contributed by atoms with Gasteiger partial charge in [0.1, 0.15) is 30.6 Å². The summed E-state index contributed by atoms with van der Waals surface area (Å²) in [5.41, 5.74) is -0.319. The molecule has 6 aromatic rings. The van der Waals surface area contributed by atoms with Crippen molar-refractivity contribution in [2.75, 3.05) is 10.6 Å². The molecule has 0 saturated heterocycles. The summed E-state index contributed by atoms with van der Waals surface area (Å²) in [6.45, 7) is 2.74. The number of azo groups is 1. The molecule has 0 aliphatic heterocycles. The molecule has 0 radical (unpaired) electrons. The fourth-order valence-electron chi connectivity index (χ4n) is 5.35. The Labute approximate surface area is 401 Å². The summed E-state index contributed by atoms with van der Waals surface area (Å²) in [5.74, 6) is -1.47. The second kappa shape index (κ2) is 19.2. The van der Waals surface area contributed by atoms with Crippen LogP contribution in [0.25, 0.3) is 31.6 Å². The maximum absolute atomic E-state index is 13.5. The van der Waals surface area contributed by atoms with Gasteiger partial charge in [0.05, 0.1) is 26.5 Å². The van der Waals surface area contributed by atoms with Gasteiger partial charge in [0.25, 0.3) is 20.2 Å². The van der Waals surface area contributed by atoms with E-state index < -0.39 is 74.1 Å². The molecule has 25 heteroatoms. The van der Waals surface area contributed by atoms with Crippen molar-refractivity contribution in [3.05, 3.63) is 84.4 Å². The minimum absolute atomic E-state index is 0. The second-order valence-corrected chi connectivity index (χ2v) is 16.7. The monoisotopic (exact) mass is 892 g/mol. The Kier molecular flexibility index (Phi) is 16.4. The van der Waals surface area contributed by atoms with Gasteiger partial charge in [-0.1, -0.05) is 17.9 Å². The number of carbonyl (C=O) groups is 1. The topological polar surface area (TPSA) is 303 Å². The van der Waals surface area contributed by atoms with Gasteiger partial charge in [0.15, 0.2) is 0 Å². The van der Waals surface area contributed by atoms with E-state index in [4.69, 9.17) is 0 Å². The third-order valence-corrected chi connectivity index (χ3v) is 11.7. The number of aryl methyl sites for hydroxylation is 1. The van der Waals surface area contributed by atoms with E-state index in [1.54, 1.807) is 0 Å².